The Bertz CT molecular complexity index is 733. The molecule has 3 rings (SSSR count). The highest BCUT2D eigenvalue weighted by Gasteiger charge is 2.44. The first kappa shape index (κ1) is 20.1. The molecule has 1 aliphatic rings. The predicted molar refractivity (Wildman–Crippen MR) is 112 cm³/mol. The summed E-state index contributed by atoms with van der Waals surface area (Å²) in [7, 11) is 0. The lowest BCUT2D eigenvalue weighted by Gasteiger charge is -2.48. The fraction of sp³-hybridized carbons (Fsp3) is 0.500. The standard InChI is InChI=1S/C24H33NO2/c1-17-11-10-12-18(2)25(17)23(26)24(4,27)19(3)21-15-8-9-16-22(21)20-13-6-5-7-14-20/h5-9,13-19,23,26-27H,10-12H2,1-4H3. The third-order valence-electron chi connectivity index (χ3n) is 6.46. The number of hydrogen-bond donors (Lipinski definition) is 2. The Kier molecular flexibility index (Phi) is 6.05. The molecule has 146 valence electrons. The van der Waals surface area contributed by atoms with E-state index in [0.717, 1.165) is 29.5 Å². The van der Waals surface area contributed by atoms with Gasteiger partial charge in [0, 0.05) is 18.0 Å². The summed E-state index contributed by atoms with van der Waals surface area (Å²) in [5.41, 5.74) is 2.04. The number of aliphatic hydroxyl groups is 2. The molecule has 1 fully saturated rings. The van der Waals surface area contributed by atoms with E-state index < -0.39 is 11.8 Å². The summed E-state index contributed by atoms with van der Waals surface area (Å²) in [5, 5.41) is 22.7. The zero-order valence-electron chi connectivity index (χ0n) is 17.0. The summed E-state index contributed by atoms with van der Waals surface area (Å²) in [6.45, 7) is 8.09. The van der Waals surface area contributed by atoms with E-state index in [1.54, 1.807) is 6.92 Å². The maximum absolute atomic E-state index is 11.5. The van der Waals surface area contributed by atoms with Crippen LogP contribution in [0, 0.1) is 0 Å². The second kappa shape index (κ2) is 8.14. The van der Waals surface area contributed by atoms with E-state index in [0.29, 0.717) is 0 Å². The van der Waals surface area contributed by atoms with Crippen LogP contribution in [-0.2, 0) is 0 Å². The molecule has 0 amide bonds. The Hall–Kier alpha value is -1.68. The van der Waals surface area contributed by atoms with Gasteiger partial charge in [-0.05, 0) is 50.3 Å². The highest BCUT2D eigenvalue weighted by molar-refractivity contribution is 5.68. The molecule has 1 heterocycles. The van der Waals surface area contributed by atoms with Crippen molar-refractivity contribution in [1.29, 1.82) is 0 Å². The molecule has 1 aliphatic heterocycles. The Balaban J connectivity index is 1.94. The molecule has 0 bridgehead atoms. The van der Waals surface area contributed by atoms with Crippen molar-refractivity contribution in [2.75, 3.05) is 0 Å². The van der Waals surface area contributed by atoms with Crippen LogP contribution in [0.1, 0.15) is 58.4 Å². The lowest BCUT2D eigenvalue weighted by molar-refractivity contribution is -0.178. The van der Waals surface area contributed by atoms with Crippen LogP contribution in [0.3, 0.4) is 0 Å². The van der Waals surface area contributed by atoms with Crippen LogP contribution in [0.25, 0.3) is 11.1 Å². The van der Waals surface area contributed by atoms with Gasteiger partial charge in [0.1, 0.15) is 11.8 Å². The number of hydrogen-bond acceptors (Lipinski definition) is 3. The summed E-state index contributed by atoms with van der Waals surface area (Å²) >= 11 is 0. The van der Waals surface area contributed by atoms with Gasteiger partial charge in [-0.25, -0.2) is 0 Å². The molecular weight excluding hydrogens is 334 g/mol. The molecule has 5 unspecified atom stereocenters. The molecule has 2 aromatic rings. The van der Waals surface area contributed by atoms with Crippen LogP contribution in [0.2, 0.25) is 0 Å². The van der Waals surface area contributed by atoms with Gasteiger partial charge < -0.3 is 10.2 Å². The van der Waals surface area contributed by atoms with E-state index in [4.69, 9.17) is 0 Å². The van der Waals surface area contributed by atoms with Crippen LogP contribution in [0.15, 0.2) is 54.6 Å². The minimum atomic E-state index is -1.26. The fourth-order valence-corrected chi connectivity index (χ4v) is 4.52. The fourth-order valence-electron chi connectivity index (χ4n) is 4.52. The molecule has 0 saturated carbocycles. The van der Waals surface area contributed by atoms with Gasteiger partial charge in [-0.1, -0.05) is 67.9 Å². The van der Waals surface area contributed by atoms with E-state index in [1.165, 1.54) is 6.42 Å². The first-order chi connectivity index (χ1) is 12.8. The van der Waals surface area contributed by atoms with Gasteiger partial charge in [0.15, 0.2) is 0 Å². The molecule has 3 heteroatoms. The average Bonchev–Trinajstić information content (AvgIpc) is 2.67. The van der Waals surface area contributed by atoms with Crippen LogP contribution >= 0.6 is 0 Å². The van der Waals surface area contributed by atoms with E-state index >= 15 is 0 Å². The Morgan fingerprint density at radius 3 is 2.15 bits per heavy atom. The van der Waals surface area contributed by atoms with Gasteiger partial charge in [-0.2, -0.15) is 0 Å². The van der Waals surface area contributed by atoms with E-state index in [1.807, 2.05) is 37.3 Å². The molecule has 0 spiro atoms. The monoisotopic (exact) mass is 367 g/mol. The van der Waals surface area contributed by atoms with Gasteiger partial charge in [0.05, 0.1) is 0 Å². The SMILES string of the molecule is CC1CCCC(C)N1C(O)C(C)(O)C(C)c1ccccc1-c1ccccc1. The molecule has 0 aromatic heterocycles. The summed E-state index contributed by atoms with van der Waals surface area (Å²) in [5.74, 6) is -0.217. The van der Waals surface area contributed by atoms with Crippen molar-refractivity contribution in [3.63, 3.8) is 0 Å². The largest absolute Gasteiger partial charge is 0.385 e. The van der Waals surface area contributed by atoms with Crippen molar-refractivity contribution < 1.29 is 10.2 Å². The van der Waals surface area contributed by atoms with Crippen molar-refractivity contribution in [2.24, 2.45) is 0 Å². The molecule has 1 saturated heterocycles. The van der Waals surface area contributed by atoms with Crippen molar-refractivity contribution >= 4 is 0 Å². The second-order valence-electron chi connectivity index (χ2n) is 8.35. The van der Waals surface area contributed by atoms with Crippen molar-refractivity contribution in [2.45, 2.75) is 76.8 Å². The number of nitrogens with zero attached hydrogens (tertiary/aromatic N) is 1. The summed E-state index contributed by atoms with van der Waals surface area (Å²) in [6, 6.07) is 19.0. The molecule has 0 radical (unpaired) electrons. The summed E-state index contributed by atoms with van der Waals surface area (Å²) in [4.78, 5) is 2.10. The van der Waals surface area contributed by atoms with E-state index in [-0.39, 0.29) is 18.0 Å². The van der Waals surface area contributed by atoms with E-state index in [9.17, 15) is 10.2 Å². The third-order valence-corrected chi connectivity index (χ3v) is 6.46. The zero-order valence-corrected chi connectivity index (χ0v) is 17.0. The predicted octanol–water partition coefficient (Wildman–Crippen LogP) is 4.79. The molecule has 2 N–H and O–H groups in total. The minimum Gasteiger partial charge on any atom is -0.385 e. The van der Waals surface area contributed by atoms with Crippen LogP contribution in [0.4, 0.5) is 0 Å². The van der Waals surface area contributed by atoms with Gasteiger partial charge in [-0.15, -0.1) is 0 Å². The Morgan fingerprint density at radius 1 is 0.963 bits per heavy atom. The third kappa shape index (κ3) is 3.96. The average molecular weight is 368 g/mol. The maximum Gasteiger partial charge on any atom is 0.137 e. The van der Waals surface area contributed by atoms with Gasteiger partial charge in [0.2, 0.25) is 0 Å². The highest BCUT2D eigenvalue weighted by Crippen LogP contribution is 2.39. The lowest BCUT2D eigenvalue weighted by Crippen LogP contribution is -2.60. The Morgan fingerprint density at radius 2 is 1.52 bits per heavy atom. The summed E-state index contributed by atoms with van der Waals surface area (Å²) in [6.07, 6.45) is 2.40. The first-order valence-electron chi connectivity index (χ1n) is 10.2. The van der Waals surface area contributed by atoms with Crippen molar-refractivity contribution in [1.82, 2.24) is 4.90 Å². The molecular formula is C24H33NO2. The van der Waals surface area contributed by atoms with Crippen LogP contribution in [-0.4, -0.2) is 39.0 Å². The quantitative estimate of drug-likeness (QED) is 0.798. The maximum atomic E-state index is 11.5. The first-order valence-corrected chi connectivity index (χ1v) is 10.2. The Labute approximate surface area is 163 Å². The number of benzene rings is 2. The molecule has 2 aromatic carbocycles. The van der Waals surface area contributed by atoms with Gasteiger partial charge >= 0.3 is 0 Å². The highest BCUT2D eigenvalue weighted by atomic mass is 16.4. The second-order valence-corrected chi connectivity index (χ2v) is 8.35. The normalized spacial score (nSPS) is 25.6. The number of aliphatic hydroxyl groups excluding tert-OH is 1. The smallest absolute Gasteiger partial charge is 0.137 e. The minimum absolute atomic E-state index is 0.217. The summed E-state index contributed by atoms with van der Waals surface area (Å²) < 4.78 is 0. The zero-order chi connectivity index (χ0) is 19.6. The number of rotatable bonds is 5. The molecule has 0 aliphatic carbocycles. The number of piperidine rings is 1. The van der Waals surface area contributed by atoms with E-state index in [2.05, 4.69) is 43.0 Å². The topological polar surface area (TPSA) is 43.7 Å². The van der Waals surface area contributed by atoms with Crippen LogP contribution < -0.4 is 0 Å². The van der Waals surface area contributed by atoms with Crippen molar-refractivity contribution in [3.8, 4) is 11.1 Å². The van der Waals surface area contributed by atoms with Gasteiger partial charge in [0.25, 0.3) is 0 Å². The van der Waals surface area contributed by atoms with Crippen molar-refractivity contribution in [3.05, 3.63) is 60.2 Å². The van der Waals surface area contributed by atoms with Gasteiger partial charge in [-0.3, -0.25) is 4.90 Å². The lowest BCUT2D eigenvalue weighted by atomic mass is 9.79. The molecule has 3 nitrogen and oxygen atoms in total. The molecule has 27 heavy (non-hydrogen) atoms. The number of likely N-dealkylation sites (tertiary alicyclic amines) is 1. The molecule has 5 atom stereocenters. The van der Waals surface area contributed by atoms with Crippen LogP contribution in [0.5, 0.6) is 0 Å².